The van der Waals surface area contributed by atoms with Gasteiger partial charge in [-0.15, -0.1) is 0 Å². The van der Waals surface area contributed by atoms with Crippen molar-refractivity contribution in [3.63, 3.8) is 0 Å². The molecule has 0 saturated carbocycles. The lowest BCUT2D eigenvalue weighted by molar-refractivity contribution is 0.0983. The molecule has 10 nitrogen and oxygen atoms in total. The second-order valence-electron chi connectivity index (χ2n) is 7.23. The second-order valence-corrected chi connectivity index (χ2v) is 7.23. The van der Waals surface area contributed by atoms with E-state index in [1.165, 1.54) is 0 Å². The number of rotatable bonds is 7. The average Bonchev–Trinajstić information content (AvgIpc) is 3.20. The predicted octanol–water partition coefficient (Wildman–Crippen LogP) is 3.80. The topological polar surface area (TPSA) is 123 Å². The molecule has 10 heteroatoms. The first-order valence-electron chi connectivity index (χ1n) is 9.90. The number of ether oxygens (including phenoxy) is 3. The largest absolute Gasteiger partial charge is 0.486 e. The number of alkyl carbamates (subject to hydrolysis) is 1. The van der Waals surface area contributed by atoms with Crippen LogP contribution in [0.1, 0.15) is 12.5 Å². The fraction of sp³-hybridized carbons (Fsp3) is 0.333. The number of benzene rings is 2. The summed E-state index contributed by atoms with van der Waals surface area (Å²) < 4.78 is 18.8. The Bertz CT molecular complexity index is 1110. The van der Waals surface area contributed by atoms with Crippen molar-refractivity contribution in [2.75, 3.05) is 13.2 Å². The quantitative estimate of drug-likeness (QED) is 0.352. The molecule has 4 rings (SSSR count). The molecule has 1 N–H and O–H groups in total. The molecular formula is C21H22N6O4. The van der Waals surface area contributed by atoms with E-state index in [9.17, 15) is 4.79 Å². The molecule has 1 aliphatic heterocycles. The van der Waals surface area contributed by atoms with E-state index in [1.54, 1.807) is 10.9 Å². The number of carbonyl (C=O) groups excluding carboxylic acids is 1. The first-order valence-corrected chi connectivity index (χ1v) is 9.90. The molecule has 1 aliphatic rings. The van der Waals surface area contributed by atoms with Crippen molar-refractivity contribution in [1.29, 1.82) is 0 Å². The molecule has 3 aromatic rings. The molecule has 2 atom stereocenters. The van der Waals surface area contributed by atoms with E-state index in [1.807, 2.05) is 49.4 Å². The Labute approximate surface area is 178 Å². The smallest absolute Gasteiger partial charge is 0.407 e. The Morgan fingerprint density at radius 2 is 2.23 bits per heavy atom. The minimum Gasteiger partial charge on any atom is -0.486 e. The molecule has 2 aromatic carbocycles. The minimum atomic E-state index is -0.496. The van der Waals surface area contributed by atoms with Crippen LogP contribution in [0.5, 0.6) is 11.5 Å². The number of azide groups is 1. The Morgan fingerprint density at radius 3 is 3.03 bits per heavy atom. The monoisotopic (exact) mass is 422 g/mol. The van der Waals surface area contributed by atoms with E-state index in [4.69, 9.17) is 19.7 Å². The number of fused-ring (bicyclic) bond motifs is 3. The summed E-state index contributed by atoms with van der Waals surface area (Å²) in [6.45, 7) is 2.96. The summed E-state index contributed by atoms with van der Waals surface area (Å²) in [5.74, 6) is 1.16. The van der Waals surface area contributed by atoms with E-state index in [-0.39, 0.29) is 25.3 Å². The van der Waals surface area contributed by atoms with E-state index in [0.29, 0.717) is 24.7 Å². The Morgan fingerprint density at radius 1 is 1.39 bits per heavy atom. The zero-order chi connectivity index (χ0) is 21.6. The molecule has 0 saturated heterocycles. The van der Waals surface area contributed by atoms with Crippen LogP contribution in [-0.2, 0) is 17.9 Å². The molecule has 2 unspecified atom stereocenters. The number of hydrogen-bond acceptors (Lipinski definition) is 6. The maximum atomic E-state index is 12.1. The van der Waals surface area contributed by atoms with Crippen molar-refractivity contribution >= 4 is 17.0 Å². The zero-order valence-electron chi connectivity index (χ0n) is 17.0. The third kappa shape index (κ3) is 4.81. The van der Waals surface area contributed by atoms with Crippen LogP contribution in [0.25, 0.3) is 21.3 Å². The maximum absolute atomic E-state index is 12.1. The van der Waals surface area contributed by atoms with Crippen molar-refractivity contribution in [3.8, 4) is 11.5 Å². The first-order chi connectivity index (χ1) is 15.1. The van der Waals surface area contributed by atoms with Crippen molar-refractivity contribution in [1.82, 2.24) is 15.1 Å². The summed E-state index contributed by atoms with van der Waals surface area (Å²) in [4.78, 5) is 14.9. The second kappa shape index (κ2) is 9.27. The van der Waals surface area contributed by atoms with Gasteiger partial charge in [-0.05, 0) is 30.2 Å². The summed E-state index contributed by atoms with van der Waals surface area (Å²) in [7, 11) is 0. The van der Waals surface area contributed by atoms with Crippen LogP contribution in [0, 0.1) is 0 Å². The van der Waals surface area contributed by atoms with Gasteiger partial charge in [0.05, 0.1) is 19.3 Å². The minimum absolute atomic E-state index is 0.172. The highest BCUT2D eigenvalue weighted by Crippen LogP contribution is 2.39. The maximum Gasteiger partial charge on any atom is 0.407 e. The van der Waals surface area contributed by atoms with Crippen LogP contribution >= 0.6 is 0 Å². The molecule has 0 spiro atoms. The average molecular weight is 422 g/mol. The van der Waals surface area contributed by atoms with E-state index < -0.39 is 6.09 Å². The van der Waals surface area contributed by atoms with Gasteiger partial charge in [0, 0.05) is 16.3 Å². The normalized spacial score (nSPS) is 15.7. The summed E-state index contributed by atoms with van der Waals surface area (Å²) in [5, 5.41) is 11.7. The van der Waals surface area contributed by atoms with Crippen LogP contribution in [0.2, 0.25) is 0 Å². The van der Waals surface area contributed by atoms with Gasteiger partial charge in [-0.25, -0.2) is 4.79 Å². The number of amides is 1. The molecule has 31 heavy (non-hydrogen) atoms. The van der Waals surface area contributed by atoms with Crippen LogP contribution in [0.15, 0.2) is 53.8 Å². The van der Waals surface area contributed by atoms with Gasteiger partial charge in [0.2, 0.25) is 0 Å². The summed E-state index contributed by atoms with van der Waals surface area (Å²) in [6.07, 6.45) is 0.862. The standard InChI is InChI=1S/C21H22N6O4/c1-14(25-21(28)30-12-15-5-3-2-4-6-15)11-27-19-16(9-24-27)7-8-18-20(19)31-17(13-29-18)10-23-26-22/h2-9,14,17H,10-13H2,1H3,(H,25,28). The molecule has 2 heterocycles. The third-order valence-electron chi connectivity index (χ3n) is 4.80. The Kier molecular flexibility index (Phi) is 6.09. The summed E-state index contributed by atoms with van der Waals surface area (Å²) >= 11 is 0. The third-order valence-corrected chi connectivity index (χ3v) is 4.80. The van der Waals surface area contributed by atoms with Crippen LogP contribution in [0.3, 0.4) is 0 Å². The SMILES string of the molecule is CC(Cn1ncc2ccc3c(c21)OC(CN=[N+]=[N-])CO3)NC(=O)OCc1ccccc1. The van der Waals surface area contributed by atoms with Crippen molar-refractivity contribution in [2.24, 2.45) is 5.11 Å². The number of carbonyl (C=O) groups is 1. The van der Waals surface area contributed by atoms with E-state index in [0.717, 1.165) is 16.5 Å². The number of nitrogens with one attached hydrogen (secondary N) is 1. The van der Waals surface area contributed by atoms with Gasteiger partial charge >= 0.3 is 6.09 Å². The van der Waals surface area contributed by atoms with Crippen LogP contribution in [0.4, 0.5) is 4.79 Å². The fourth-order valence-electron chi connectivity index (χ4n) is 3.37. The Balaban J connectivity index is 1.43. The lowest BCUT2D eigenvalue weighted by Gasteiger charge is -2.26. The molecule has 1 aromatic heterocycles. The lowest BCUT2D eigenvalue weighted by atomic mass is 10.2. The van der Waals surface area contributed by atoms with Gasteiger partial charge in [0.25, 0.3) is 0 Å². The highest BCUT2D eigenvalue weighted by molar-refractivity contribution is 5.87. The Hall–Kier alpha value is -3.91. The molecule has 1 amide bonds. The fourth-order valence-corrected chi connectivity index (χ4v) is 3.37. The van der Waals surface area contributed by atoms with Gasteiger partial charge in [-0.3, -0.25) is 4.68 Å². The first kappa shape index (κ1) is 20.4. The molecule has 0 bridgehead atoms. The molecule has 0 fully saturated rings. The molecule has 0 radical (unpaired) electrons. The van der Waals surface area contributed by atoms with Crippen LogP contribution < -0.4 is 14.8 Å². The molecule has 160 valence electrons. The number of nitrogens with zero attached hydrogens (tertiary/aromatic N) is 5. The summed E-state index contributed by atoms with van der Waals surface area (Å²) in [6, 6.07) is 13.0. The van der Waals surface area contributed by atoms with E-state index in [2.05, 4.69) is 20.4 Å². The van der Waals surface area contributed by atoms with Gasteiger partial charge in [0.15, 0.2) is 11.5 Å². The van der Waals surface area contributed by atoms with Crippen molar-refractivity contribution in [3.05, 3.63) is 64.7 Å². The van der Waals surface area contributed by atoms with Gasteiger partial charge < -0.3 is 19.5 Å². The highest BCUT2D eigenvalue weighted by Gasteiger charge is 2.25. The number of hydrogen-bond donors (Lipinski definition) is 1. The van der Waals surface area contributed by atoms with Gasteiger partial charge in [-0.2, -0.15) is 5.10 Å². The van der Waals surface area contributed by atoms with E-state index >= 15 is 0 Å². The molecule has 0 aliphatic carbocycles. The van der Waals surface area contributed by atoms with Gasteiger partial charge in [-0.1, -0.05) is 35.4 Å². The predicted molar refractivity (Wildman–Crippen MR) is 113 cm³/mol. The van der Waals surface area contributed by atoms with Crippen LogP contribution in [-0.4, -0.2) is 41.2 Å². The summed E-state index contributed by atoms with van der Waals surface area (Å²) in [5.41, 5.74) is 10.2. The van der Waals surface area contributed by atoms with Crippen molar-refractivity contribution in [2.45, 2.75) is 32.2 Å². The highest BCUT2D eigenvalue weighted by atomic mass is 16.6. The van der Waals surface area contributed by atoms with Crippen molar-refractivity contribution < 1.29 is 19.0 Å². The lowest BCUT2D eigenvalue weighted by Crippen LogP contribution is -2.36. The molecular weight excluding hydrogens is 400 g/mol. The number of aromatic nitrogens is 2. The zero-order valence-corrected chi connectivity index (χ0v) is 17.0. The van der Waals surface area contributed by atoms with Gasteiger partial charge in [0.1, 0.15) is 24.8 Å².